The molecule has 0 atom stereocenters. The Hall–Kier alpha value is -1.58. The summed E-state index contributed by atoms with van der Waals surface area (Å²) in [5.41, 5.74) is 0. The van der Waals surface area contributed by atoms with E-state index in [1.165, 1.54) is 39.5 Å². The molecule has 0 aromatic carbocycles. The van der Waals surface area contributed by atoms with Gasteiger partial charge in [-0.05, 0) is 19.3 Å². The molecule has 0 rings (SSSR count). The van der Waals surface area contributed by atoms with Crippen LogP contribution >= 0.6 is 0 Å². The highest BCUT2D eigenvalue weighted by Gasteiger charge is 2.14. The third kappa shape index (κ3) is 14.8. The maximum atomic E-state index is 10.9. The monoisotopic (exact) mass is 310 g/mol. The molecule has 4 nitrogen and oxygen atoms in total. The Morgan fingerprint density at radius 2 is 1.41 bits per heavy atom. The second kappa shape index (κ2) is 14.4. The van der Waals surface area contributed by atoms with Crippen molar-refractivity contribution in [2.24, 2.45) is 0 Å². The van der Waals surface area contributed by atoms with Crippen molar-refractivity contribution in [2.45, 2.75) is 77.9 Å². The molecule has 0 spiro atoms. The smallest absolute Gasteiger partial charge is 0.305 e. The highest BCUT2D eigenvalue weighted by molar-refractivity contribution is 5.68. The van der Waals surface area contributed by atoms with Crippen molar-refractivity contribution >= 4 is 11.9 Å². The van der Waals surface area contributed by atoms with Gasteiger partial charge in [0.1, 0.15) is 0 Å². The molecule has 0 heterocycles. The summed E-state index contributed by atoms with van der Waals surface area (Å²) in [5.74, 6) is -0.839. The molecule has 4 heteroatoms. The first kappa shape index (κ1) is 20.4. The average Bonchev–Trinajstić information content (AvgIpc) is 2.43. The van der Waals surface area contributed by atoms with Crippen molar-refractivity contribution in [3.63, 3.8) is 0 Å². The summed E-state index contributed by atoms with van der Waals surface area (Å²) in [5, 5.41) is 0. The maximum Gasteiger partial charge on any atom is 0.305 e. The minimum Gasteiger partial charge on any atom is -0.425 e. The van der Waals surface area contributed by atoms with E-state index in [4.69, 9.17) is 9.47 Å². The lowest BCUT2D eigenvalue weighted by molar-refractivity contribution is -0.185. The van der Waals surface area contributed by atoms with Crippen LogP contribution in [-0.2, 0) is 19.1 Å². The van der Waals surface area contributed by atoms with E-state index < -0.39 is 18.2 Å². The first-order valence-electron chi connectivity index (χ1n) is 8.18. The Morgan fingerprint density at radius 1 is 0.909 bits per heavy atom. The molecule has 0 radical (unpaired) electrons. The molecule has 0 aliphatic rings. The number of carbonyl (C=O) groups is 2. The second-order valence-electron chi connectivity index (χ2n) is 5.36. The summed E-state index contributed by atoms with van der Waals surface area (Å²) >= 11 is 0. The minimum atomic E-state index is -0.730. The standard InChI is InChI=1S/C18H30O4/c1-4-5-6-7-8-9-10-11-12-13-14-15-18(21-16(2)19)22-17(3)20/h4-6,18H,1,7-15H2,2-3H3/b6-5-. The van der Waals surface area contributed by atoms with E-state index in [1.807, 2.05) is 6.08 Å². The van der Waals surface area contributed by atoms with Gasteiger partial charge in [-0.25, -0.2) is 0 Å². The van der Waals surface area contributed by atoms with Crippen LogP contribution in [0.2, 0.25) is 0 Å². The van der Waals surface area contributed by atoms with Gasteiger partial charge >= 0.3 is 11.9 Å². The molecule has 0 bridgehead atoms. The Morgan fingerprint density at radius 3 is 1.91 bits per heavy atom. The number of unbranched alkanes of at least 4 members (excludes halogenated alkanes) is 7. The van der Waals surface area contributed by atoms with E-state index in [1.54, 1.807) is 6.08 Å². The van der Waals surface area contributed by atoms with Crippen molar-refractivity contribution in [1.29, 1.82) is 0 Å². The van der Waals surface area contributed by atoms with Gasteiger partial charge in [0.05, 0.1) is 0 Å². The number of hydrogen-bond acceptors (Lipinski definition) is 4. The second-order valence-corrected chi connectivity index (χ2v) is 5.36. The van der Waals surface area contributed by atoms with Crippen LogP contribution in [0.15, 0.2) is 24.8 Å². The number of carbonyl (C=O) groups excluding carboxylic acids is 2. The van der Waals surface area contributed by atoms with Crippen LogP contribution in [0.4, 0.5) is 0 Å². The number of rotatable bonds is 13. The van der Waals surface area contributed by atoms with Gasteiger partial charge in [0, 0.05) is 20.3 Å². The molecule has 22 heavy (non-hydrogen) atoms. The van der Waals surface area contributed by atoms with E-state index >= 15 is 0 Å². The fourth-order valence-electron chi connectivity index (χ4n) is 2.16. The molecule has 0 aliphatic carbocycles. The van der Waals surface area contributed by atoms with Gasteiger partial charge in [-0.1, -0.05) is 56.9 Å². The number of hydrogen-bond donors (Lipinski definition) is 0. The van der Waals surface area contributed by atoms with E-state index in [9.17, 15) is 9.59 Å². The summed E-state index contributed by atoms with van der Waals surface area (Å²) < 4.78 is 9.92. The van der Waals surface area contributed by atoms with E-state index in [2.05, 4.69) is 12.7 Å². The molecular formula is C18H30O4. The van der Waals surface area contributed by atoms with Gasteiger partial charge < -0.3 is 9.47 Å². The fraction of sp³-hybridized carbons (Fsp3) is 0.667. The van der Waals surface area contributed by atoms with Crippen molar-refractivity contribution in [1.82, 2.24) is 0 Å². The molecule has 0 aromatic heterocycles. The predicted molar refractivity (Wildman–Crippen MR) is 88.2 cm³/mol. The van der Waals surface area contributed by atoms with Gasteiger partial charge in [-0.2, -0.15) is 0 Å². The lowest BCUT2D eigenvalue weighted by Gasteiger charge is -2.16. The highest BCUT2D eigenvalue weighted by Crippen LogP contribution is 2.13. The molecule has 0 unspecified atom stereocenters. The van der Waals surface area contributed by atoms with Crippen molar-refractivity contribution in [3.8, 4) is 0 Å². The van der Waals surface area contributed by atoms with Gasteiger partial charge in [-0.3, -0.25) is 9.59 Å². The molecule has 0 N–H and O–H groups in total. The summed E-state index contributed by atoms with van der Waals surface area (Å²) in [7, 11) is 0. The highest BCUT2D eigenvalue weighted by atomic mass is 16.7. The average molecular weight is 310 g/mol. The van der Waals surface area contributed by atoms with Crippen LogP contribution in [0, 0.1) is 0 Å². The molecule has 126 valence electrons. The van der Waals surface area contributed by atoms with E-state index in [0.29, 0.717) is 6.42 Å². The number of esters is 2. The van der Waals surface area contributed by atoms with Crippen molar-refractivity contribution in [3.05, 3.63) is 24.8 Å². The Bertz CT molecular complexity index is 331. The summed E-state index contributed by atoms with van der Waals surface area (Å²) in [6.07, 6.45) is 15.0. The van der Waals surface area contributed by atoms with Crippen LogP contribution in [0.25, 0.3) is 0 Å². The largest absolute Gasteiger partial charge is 0.425 e. The summed E-state index contributed by atoms with van der Waals surface area (Å²) in [6, 6.07) is 0. The topological polar surface area (TPSA) is 52.6 Å². The van der Waals surface area contributed by atoms with Crippen LogP contribution in [0.3, 0.4) is 0 Å². The maximum absolute atomic E-state index is 10.9. The van der Waals surface area contributed by atoms with Gasteiger partial charge in [0.2, 0.25) is 6.29 Å². The molecule has 0 fully saturated rings. The first-order chi connectivity index (χ1) is 10.6. The fourth-order valence-corrected chi connectivity index (χ4v) is 2.16. The Labute approximate surface area is 134 Å². The van der Waals surface area contributed by atoms with E-state index in [-0.39, 0.29) is 0 Å². The van der Waals surface area contributed by atoms with Gasteiger partial charge in [0.25, 0.3) is 0 Å². The quantitative estimate of drug-likeness (QED) is 0.214. The molecule has 0 amide bonds. The zero-order valence-electron chi connectivity index (χ0n) is 14.0. The molecule has 0 aliphatic heterocycles. The third-order valence-corrected chi connectivity index (χ3v) is 3.18. The normalized spacial score (nSPS) is 10.9. The molecule has 0 saturated carbocycles. The Balaban J connectivity index is 3.52. The van der Waals surface area contributed by atoms with Crippen molar-refractivity contribution in [2.75, 3.05) is 0 Å². The number of allylic oxidation sites excluding steroid dienone is 3. The minimum absolute atomic E-state index is 0.420. The van der Waals surface area contributed by atoms with Crippen molar-refractivity contribution < 1.29 is 19.1 Å². The lowest BCUT2D eigenvalue weighted by Crippen LogP contribution is -2.22. The predicted octanol–water partition coefficient (Wildman–Crippen LogP) is 4.69. The zero-order valence-corrected chi connectivity index (χ0v) is 14.0. The van der Waals surface area contributed by atoms with Crippen LogP contribution in [0.1, 0.15) is 71.6 Å². The summed E-state index contributed by atoms with van der Waals surface area (Å²) in [4.78, 5) is 21.8. The number of ether oxygens (including phenoxy) is 2. The summed E-state index contributed by atoms with van der Waals surface area (Å²) in [6.45, 7) is 6.28. The molecule has 0 aromatic rings. The van der Waals surface area contributed by atoms with Crippen LogP contribution in [0.5, 0.6) is 0 Å². The third-order valence-electron chi connectivity index (χ3n) is 3.18. The van der Waals surface area contributed by atoms with Gasteiger partial charge in [-0.15, -0.1) is 0 Å². The zero-order chi connectivity index (χ0) is 16.6. The van der Waals surface area contributed by atoms with E-state index in [0.717, 1.165) is 25.7 Å². The lowest BCUT2D eigenvalue weighted by atomic mass is 10.1. The van der Waals surface area contributed by atoms with Crippen LogP contribution < -0.4 is 0 Å². The SMILES string of the molecule is C=C/C=C\CCCCCCCCCC(OC(C)=O)OC(C)=O. The van der Waals surface area contributed by atoms with Gasteiger partial charge in [0.15, 0.2) is 0 Å². The molecule has 0 saturated heterocycles. The Kier molecular flexibility index (Phi) is 13.3. The first-order valence-corrected chi connectivity index (χ1v) is 8.18. The molecular weight excluding hydrogens is 280 g/mol. The van der Waals surface area contributed by atoms with Crippen LogP contribution in [-0.4, -0.2) is 18.2 Å².